The molecule has 3 N–H and O–H groups in total. The molecule has 1 saturated carbocycles. The lowest BCUT2D eigenvalue weighted by Crippen LogP contribution is -2.33. The maximum Gasteiger partial charge on any atom is 0.119 e. The maximum atomic E-state index is 5.97. The second-order valence-corrected chi connectivity index (χ2v) is 8.65. The Balaban J connectivity index is 1.19. The van der Waals surface area contributed by atoms with E-state index in [-0.39, 0.29) is 0 Å². The third-order valence-corrected chi connectivity index (χ3v) is 6.09. The Morgan fingerprint density at radius 2 is 1.89 bits per heavy atom. The lowest BCUT2D eigenvalue weighted by atomic mass is 10.1. The Bertz CT molecular complexity index is 734. The fraction of sp³-hybridized carbons (Fsp3) is 0.455. The van der Waals surface area contributed by atoms with Crippen molar-refractivity contribution in [2.24, 2.45) is 5.73 Å². The highest BCUT2D eigenvalue weighted by Gasteiger charge is 2.37. The van der Waals surface area contributed by atoms with Gasteiger partial charge >= 0.3 is 0 Å². The summed E-state index contributed by atoms with van der Waals surface area (Å²) in [5.41, 5.74) is 8.55. The summed E-state index contributed by atoms with van der Waals surface area (Å²) in [6.07, 6.45) is 2.38. The molecule has 5 heteroatoms. The van der Waals surface area contributed by atoms with Crippen LogP contribution in [-0.2, 0) is 6.61 Å². The van der Waals surface area contributed by atoms with Crippen molar-refractivity contribution in [2.45, 2.75) is 37.5 Å². The second-order valence-electron chi connectivity index (χ2n) is 7.74. The molecule has 0 bridgehead atoms. The van der Waals surface area contributed by atoms with Gasteiger partial charge in [0.1, 0.15) is 12.4 Å². The molecule has 144 valence electrons. The van der Waals surface area contributed by atoms with Crippen molar-refractivity contribution < 1.29 is 4.74 Å². The summed E-state index contributed by atoms with van der Waals surface area (Å²) in [5.74, 6) is 1.57. The molecule has 1 saturated heterocycles. The number of nitrogens with zero attached hydrogens (tertiary/aromatic N) is 1. The van der Waals surface area contributed by atoms with Gasteiger partial charge in [0.05, 0.1) is 0 Å². The van der Waals surface area contributed by atoms with E-state index in [0.717, 1.165) is 42.8 Å². The van der Waals surface area contributed by atoms with Crippen LogP contribution in [0.1, 0.15) is 29.9 Å². The summed E-state index contributed by atoms with van der Waals surface area (Å²) in [6, 6.07) is 17.8. The van der Waals surface area contributed by atoms with E-state index in [4.69, 9.17) is 10.5 Å². The Morgan fingerprint density at radius 3 is 2.59 bits per heavy atom. The molecule has 27 heavy (non-hydrogen) atoms. The monoisotopic (exact) mass is 429 g/mol. The van der Waals surface area contributed by atoms with E-state index in [0.29, 0.717) is 24.6 Å². The highest BCUT2D eigenvalue weighted by molar-refractivity contribution is 9.10. The number of halogens is 1. The van der Waals surface area contributed by atoms with Gasteiger partial charge in [-0.2, -0.15) is 0 Å². The van der Waals surface area contributed by atoms with Crippen molar-refractivity contribution in [3.63, 3.8) is 0 Å². The SMILES string of the molecule is N[C@@H]1CCN(CCN[C@H]2CC2c2ccc(OCc3ccc(Br)cc3)cc2)C1. The van der Waals surface area contributed by atoms with E-state index < -0.39 is 0 Å². The lowest BCUT2D eigenvalue weighted by Gasteiger charge is -2.15. The number of benzene rings is 2. The minimum atomic E-state index is 0.378. The average Bonchev–Trinajstić information content (AvgIpc) is 3.34. The van der Waals surface area contributed by atoms with Crippen LogP contribution in [0, 0.1) is 0 Å². The number of likely N-dealkylation sites (tertiary alicyclic amines) is 1. The van der Waals surface area contributed by atoms with Gasteiger partial charge in [0, 0.05) is 42.1 Å². The zero-order valence-electron chi connectivity index (χ0n) is 15.6. The molecular formula is C22H28BrN3O. The molecule has 0 spiro atoms. The van der Waals surface area contributed by atoms with Crippen LogP contribution in [0.4, 0.5) is 0 Å². The first-order valence-electron chi connectivity index (χ1n) is 9.86. The van der Waals surface area contributed by atoms with Crippen molar-refractivity contribution in [2.75, 3.05) is 26.2 Å². The normalized spacial score (nSPS) is 24.9. The molecular weight excluding hydrogens is 402 g/mol. The van der Waals surface area contributed by atoms with Crippen LogP contribution < -0.4 is 15.8 Å². The third-order valence-electron chi connectivity index (χ3n) is 5.56. The molecule has 1 aliphatic heterocycles. The number of nitrogens with one attached hydrogen (secondary N) is 1. The smallest absolute Gasteiger partial charge is 0.119 e. The molecule has 3 atom stereocenters. The van der Waals surface area contributed by atoms with Gasteiger partial charge in [-0.05, 0) is 54.8 Å². The second kappa shape index (κ2) is 8.74. The topological polar surface area (TPSA) is 50.5 Å². The van der Waals surface area contributed by atoms with Crippen LogP contribution in [0.3, 0.4) is 0 Å². The minimum Gasteiger partial charge on any atom is -0.489 e. The Hall–Kier alpha value is -1.40. The van der Waals surface area contributed by atoms with Gasteiger partial charge in [-0.15, -0.1) is 0 Å². The minimum absolute atomic E-state index is 0.378. The molecule has 1 aliphatic carbocycles. The number of hydrogen-bond acceptors (Lipinski definition) is 4. The van der Waals surface area contributed by atoms with E-state index in [1.165, 1.54) is 17.5 Å². The molecule has 0 aromatic heterocycles. The molecule has 2 aromatic carbocycles. The van der Waals surface area contributed by atoms with E-state index in [2.05, 4.69) is 62.5 Å². The average molecular weight is 430 g/mol. The Kier molecular flexibility index (Phi) is 6.13. The highest BCUT2D eigenvalue weighted by atomic mass is 79.9. The number of ether oxygens (including phenoxy) is 1. The molecule has 2 aromatic rings. The molecule has 0 amide bonds. The Labute approximate surface area is 170 Å². The molecule has 4 nitrogen and oxygen atoms in total. The molecule has 4 rings (SSSR count). The quantitative estimate of drug-likeness (QED) is 0.673. The largest absolute Gasteiger partial charge is 0.489 e. The third kappa shape index (κ3) is 5.32. The number of hydrogen-bond donors (Lipinski definition) is 2. The van der Waals surface area contributed by atoms with Crippen LogP contribution in [0.2, 0.25) is 0 Å². The van der Waals surface area contributed by atoms with Gasteiger partial charge in [0.2, 0.25) is 0 Å². The fourth-order valence-electron chi connectivity index (χ4n) is 3.82. The van der Waals surface area contributed by atoms with Crippen LogP contribution in [0.15, 0.2) is 53.0 Å². The van der Waals surface area contributed by atoms with Crippen molar-refractivity contribution in [3.8, 4) is 5.75 Å². The zero-order valence-corrected chi connectivity index (χ0v) is 17.2. The van der Waals surface area contributed by atoms with Crippen molar-refractivity contribution in [3.05, 3.63) is 64.1 Å². The van der Waals surface area contributed by atoms with Crippen LogP contribution in [-0.4, -0.2) is 43.2 Å². The van der Waals surface area contributed by atoms with Crippen LogP contribution in [0.25, 0.3) is 0 Å². The first-order valence-corrected chi connectivity index (χ1v) is 10.7. The van der Waals surface area contributed by atoms with Gasteiger partial charge in [0.15, 0.2) is 0 Å². The maximum absolute atomic E-state index is 5.97. The van der Waals surface area contributed by atoms with Gasteiger partial charge in [-0.25, -0.2) is 0 Å². The van der Waals surface area contributed by atoms with Crippen LogP contribution >= 0.6 is 15.9 Å². The molecule has 2 aliphatic rings. The Morgan fingerprint density at radius 1 is 1.11 bits per heavy atom. The van der Waals surface area contributed by atoms with Gasteiger partial charge in [0.25, 0.3) is 0 Å². The summed E-state index contributed by atoms with van der Waals surface area (Å²) >= 11 is 3.46. The fourth-order valence-corrected chi connectivity index (χ4v) is 4.09. The van der Waals surface area contributed by atoms with E-state index >= 15 is 0 Å². The summed E-state index contributed by atoms with van der Waals surface area (Å²) in [6.45, 7) is 4.97. The highest BCUT2D eigenvalue weighted by Crippen LogP contribution is 2.41. The van der Waals surface area contributed by atoms with Gasteiger partial charge in [-0.1, -0.05) is 40.2 Å². The summed E-state index contributed by atoms with van der Waals surface area (Å²) < 4.78 is 6.99. The molecule has 0 radical (unpaired) electrons. The lowest BCUT2D eigenvalue weighted by molar-refractivity contribution is 0.306. The summed E-state index contributed by atoms with van der Waals surface area (Å²) in [4.78, 5) is 2.46. The van der Waals surface area contributed by atoms with E-state index in [1.807, 2.05) is 12.1 Å². The predicted molar refractivity (Wildman–Crippen MR) is 113 cm³/mol. The van der Waals surface area contributed by atoms with Crippen molar-refractivity contribution >= 4 is 15.9 Å². The zero-order chi connectivity index (χ0) is 18.6. The first-order chi connectivity index (χ1) is 13.2. The molecule has 1 unspecified atom stereocenters. The summed E-state index contributed by atoms with van der Waals surface area (Å²) in [5, 5.41) is 3.70. The number of rotatable bonds is 8. The van der Waals surface area contributed by atoms with Crippen molar-refractivity contribution in [1.82, 2.24) is 10.2 Å². The standard InChI is InChI=1S/C22H28BrN3O/c23-18-5-1-16(2-6-18)15-27-20-7-3-17(4-8-20)21-13-22(21)25-10-12-26-11-9-19(24)14-26/h1-8,19,21-22,25H,9-15,24H2/t19-,21?,22+/m1/s1. The summed E-state index contributed by atoms with van der Waals surface area (Å²) in [7, 11) is 0. The molecule has 2 fully saturated rings. The van der Waals surface area contributed by atoms with Gasteiger partial charge < -0.3 is 20.7 Å². The van der Waals surface area contributed by atoms with E-state index in [9.17, 15) is 0 Å². The predicted octanol–water partition coefficient (Wildman–Crippen LogP) is 3.51. The van der Waals surface area contributed by atoms with Crippen LogP contribution in [0.5, 0.6) is 5.75 Å². The number of nitrogens with two attached hydrogens (primary N) is 1. The van der Waals surface area contributed by atoms with Gasteiger partial charge in [-0.3, -0.25) is 0 Å². The first kappa shape index (κ1) is 18.9. The van der Waals surface area contributed by atoms with E-state index in [1.54, 1.807) is 0 Å². The van der Waals surface area contributed by atoms with Crippen molar-refractivity contribution in [1.29, 1.82) is 0 Å². The molecule has 1 heterocycles.